The highest BCUT2D eigenvalue weighted by molar-refractivity contribution is 5.18. The van der Waals surface area contributed by atoms with Gasteiger partial charge in [-0.15, -0.1) is 0 Å². The van der Waals surface area contributed by atoms with Crippen molar-refractivity contribution in [3.05, 3.63) is 73.4 Å². The van der Waals surface area contributed by atoms with E-state index in [2.05, 4.69) is 6.58 Å². The Labute approximate surface area is 81.0 Å². The molecule has 68 valence electrons. The van der Waals surface area contributed by atoms with Gasteiger partial charge in [-0.2, -0.15) is 0 Å². The summed E-state index contributed by atoms with van der Waals surface area (Å²) in [6.07, 6.45) is 21.4. The molecule has 0 heteroatoms. The summed E-state index contributed by atoms with van der Waals surface area (Å²) >= 11 is 0. The minimum Gasteiger partial charge on any atom is -0.0991 e. The van der Waals surface area contributed by atoms with Crippen molar-refractivity contribution < 1.29 is 0 Å². The Bertz CT molecular complexity index is 247. The number of hydrogen-bond acceptors (Lipinski definition) is 0. The first-order chi connectivity index (χ1) is 6.41. The lowest BCUT2D eigenvalue weighted by atomic mass is 10.3. The molecule has 0 aliphatic heterocycles. The van der Waals surface area contributed by atoms with E-state index in [4.69, 9.17) is 0 Å². The first-order valence-electron chi connectivity index (χ1n) is 4.32. The molecule has 0 aromatic heterocycles. The summed E-state index contributed by atoms with van der Waals surface area (Å²) in [5.74, 6) is 0. The van der Waals surface area contributed by atoms with Crippen molar-refractivity contribution >= 4 is 0 Å². The van der Waals surface area contributed by atoms with Gasteiger partial charge in [-0.3, -0.25) is 0 Å². The van der Waals surface area contributed by atoms with Gasteiger partial charge < -0.3 is 0 Å². The molecule has 0 nitrogen and oxygen atoms in total. The van der Waals surface area contributed by atoms with Crippen LogP contribution in [0.2, 0.25) is 0 Å². The minimum atomic E-state index is 1.75. The van der Waals surface area contributed by atoms with Crippen LogP contribution in [0.1, 0.15) is 6.92 Å². The summed E-state index contributed by atoms with van der Waals surface area (Å²) < 4.78 is 0. The van der Waals surface area contributed by atoms with Crippen LogP contribution in [0.3, 0.4) is 0 Å². The van der Waals surface area contributed by atoms with E-state index in [0.29, 0.717) is 0 Å². The number of rotatable bonds is 5. The molecular weight excluding hydrogens is 156 g/mol. The van der Waals surface area contributed by atoms with Crippen LogP contribution < -0.4 is 0 Å². The van der Waals surface area contributed by atoms with Crippen molar-refractivity contribution in [2.45, 2.75) is 6.92 Å². The quantitative estimate of drug-likeness (QED) is 0.550. The highest BCUT2D eigenvalue weighted by atomic mass is 13.7. The third-order valence-electron chi connectivity index (χ3n) is 1.22. The van der Waals surface area contributed by atoms with Gasteiger partial charge in [0.1, 0.15) is 0 Å². The molecule has 0 unspecified atom stereocenters. The highest BCUT2D eigenvalue weighted by Crippen LogP contribution is 1.83. The molecule has 0 amide bonds. The Hall–Kier alpha value is -1.56. The standard InChI is InChI=1S/C13H16/c1-3-5-7-9-11-13-12-10-8-6-4-2/h3-13H,1H2,2H3. The predicted molar refractivity (Wildman–Crippen MR) is 61.6 cm³/mol. The molecule has 0 aromatic rings. The Morgan fingerprint density at radius 3 is 1.38 bits per heavy atom. The summed E-state index contributed by atoms with van der Waals surface area (Å²) in [5.41, 5.74) is 0. The average Bonchev–Trinajstić information content (AvgIpc) is 2.16. The van der Waals surface area contributed by atoms with Crippen molar-refractivity contribution in [3.63, 3.8) is 0 Å². The van der Waals surface area contributed by atoms with E-state index in [1.165, 1.54) is 0 Å². The van der Waals surface area contributed by atoms with Gasteiger partial charge in [0.25, 0.3) is 0 Å². The van der Waals surface area contributed by atoms with Crippen molar-refractivity contribution in [1.82, 2.24) is 0 Å². The van der Waals surface area contributed by atoms with Crippen LogP contribution in [0.25, 0.3) is 0 Å². The lowest BCUT2D eigenvalue weighted by Crippen LogP contribution is -1.51. The van der Waals surface area contributed by atoms with Crippen LogP contribution in [0.4, 0.5) is 0 Å². The zero-order valence-electron chi connectivity index (χ0n) is 8.06. The second kappa shape index (κ2) is 10.4. The maximum Gasteiger partial charge on any atom is -0.0467 e. The molecule has 0 aliphatic carbocycles. The molecule has 0 saturated heterocycles. The van der Waals surface area contributed by atoms with Crippen LogP contribution in [0, 0.1) is 0 Å². The third-order valence-corrected chi connectivity index (χ3v) is 1.22. The van der Waals surface area contributed by atoms with Gasteiger partial charge in [0.05, 0.1) is 0 Å². The third kappa shape index (κ3) is 10.4. The molecule has 0 N–H and O–H groups in total. The molecular formula is C13H16. The van der Waals surface area contributed by atoms with Gasteiger partial charge in [-0.05, 0) is 6.92 Å². The van der Waals surface area contributed by atoms with Crippen LogP contribution in [-0.4, -0.2) is 0 Å². The monoisotopic (exact) mass is 172 g/mol. The fourth-order valence-corrected chi connectivity index (χ4v) is 0.639. The van der Waals surface area contributed by atoms with Gasteiger partial charge >= 0.3 is 0 Å². The van der Waals surface area contributed by atoms with Crippen molar-refractivity contribution in [2.24, 2.45) is 0 Å². The molecule has 0 atom stereocenters. The SMILES string of the molecule is C=CC=CC=CC=CC=CC=CC. The molecule has 0 aromatic carbocycles. The summed E-state index contributed by atoms with van der Waals surface area (Å²) in [4.78, 5) is 0. The highest BCUT2D eigenvalue weighted by Gasteiger charge is 1.61. The van der Waals surface area contributed by atoms with Gasteiger partial charge in [0, 0.05) is 0 Å². The molecule has 0 fully saturated rings. The lowest BCUT2D eigenvalue weighted by Gasteiger charge is -1.73. The molecule has 0 saturated carbocycles. The normalized spacial score (nSPS) is 13.3. The summed E-state index contributed by atoms with van der Waals surface area (Å²) in [6, 6.07) is 0. The lowest BCUT2D eigenvalue weighted by molar-refractivity contribution is 1.73. The predicted octanol–water partition coefficient (Wildman–Crippen LogP) is 3.97. The van der Waals surface area contributed by atoms with Gasteiger partial charge in [-0.25, -0.2) is 0 Å². The molecule has 0 spiro atoms. The van der Waals surface area contributed by atoms with E-state index in [0.717, 1.165) is 0 Å². The van der Waals surface area contributed by atoms with Crippen LogP contribution in [0.15, 0.2) is 73.4 Å². The Morgan fingerprint density at radius 2 is 1.00 bits per heavy atom. The minimum absolute atomic E-state index is 1.75. The smallest absolute Gasteiger partial charge is 0.0467 e. The maximum atomic E-state index is 3.57. The van der Waals surface area contributed by atoms with E-state index in [-0.39, 0.29) is 0 Å². The van der Waals surface area contributed by atoms with E-state index >= 15 is 0 Å². The number of hydrogen-bond donors (Lipinski definition) is 0. The van der Waals surface area contributed by atoms with Crippen LogP contribution in [-0.2, 0) is 0 Å². The largest absolute Gasteiger partial charge is 0.0991 e. The maximum absolute atomic E-state index is 3.57. The van der Waals surface area contributed by atoms with E-state index in [9.17, 15) is 0 Å². The molecule has 0 rings (SSSR count). The van der Waals surface area contributed by atoms with Crippen molar-refractivity contribution in [1.29, 1.82) is 0 Å². The van der Waals surface area contributed by atoms with E-state index in [1.54, 1.807) is 6.08 Å². The van der Waals surface area contributed by atoms with Crippen LogP contribution >= 0.6 is 0 Å². The van der Waals surface area contributed by atoms with Crippen molar-refractivity contribution in [2.75, 3.05) is 0 Å². The van der Waals surface area contributed by atoms with Crippen molar-refractivity contribution in [3.8, 4) is 0 Å². The zero-order valence-corrected chi connectivity index (χ0v) is 8.06. The molecule has 0 heterocycles. The first kappa shape index (κ1) is 11.4. The molecule has 0 bridgehead atoms. The van der Waals surface area contributed by atoms with Gasteiger partial charge in [0.2, 0.25) is 0 Å². The second-order valence-electron chi connectivity index (χ2n) is 2.30. The molecule has 13 heavy (non-hydrogen) atoms. The van der Waals surface area contributed by atoms with E-state index < -0.39 is 0 Å². The van der Waals surface area contributed by atoms with Crippen LogP contribution in [0.5, 0.6) is 0 Å². The Morgan fingerprint density at radius 1 is 0.615 bits per heavy atom. The average molecular weight is 172 g/mol. The Kier molecular flexibility index (Phi) is 9.19. The van der Waals surface area contributed by atoms with E-state index in [1.807, 2.05) is 67.7 Å². The van der Waals surface area contributed by atoms with Gasteiger partial charge in [0.15, 0.2) is 0 Å². The summed E-state index contributed by atoms with van der Waals surface area (Å²) in [6.45, 7) is 5.56. The fraction of sp³-hybridized carbons (Fsp3) is 0.0769. The zero-order chi connectivity index (χ0) is 9.78. The second-order valence-corrected chi connectivity index (χ2v) is 2.30. The first-order valence-corrected chi connectivity index (χ1v) is 4.32. The summed E-state index contributed by atoms with van der Waals surface area (Å²) in [7, 11) is 0. The number of allylic oxidation sites excluding steroid dienone is 11. The van der Waals surface area contributed by atoms with Gasteiger partial charge in [-0.1, -0.05) is 73.4 Å². The Balaban J connectivity index is 3.68. The fourth-order valence-electron chi connectivity index (χ4n) is 0.639. The topological polar surface area (TPSA) is 0 Å². The molecule has 0 radical (unpaired) electrons. The molecule has 0 aliphatic rings. The summed E-state index contributed by atoms with van der Waals surface area (Å²) in [5, 5.41) is 0.